The number of thiophene rings is 2. The van der Waals surface area contributed by atoms with Gasteiger partial charge in [0.2, 0.25) is 0 Å². The number of nitrogens with zero attached hydrogens (tertiary/aromatic N) is 1. The summed E-state index contributed by atoms with van der Waals surface area (Å²) in [7, 11) is 0. The maximum absolute atomic E-state index is 11.5. The summed E-state index contributed by atoms with van der Waals surface area (Å²) in [5.41, 5.74) is 0.591. The molecule has 0 spiro atoms. The Labute approximate surface area is 152 Å². The van der Waals surface area contributed by atoms with E-state index in [-0.39, 0.29) is 0 Å². The van der Waals surface area contributed by atoms with Crippen LogP contribution in [0.15, 0.2) is 28.1 Å². The highest BCUT2D eigenvalue weighted by molar-refractivity contribution is 7.21. The van der Waals surface area contributed by atoms with Gasteiger partial charge in [0.1, 0.15) is 5.69 Å². The van der Waals surface area contributed by atoms with Crippen LogP contribution in [0.2, 0.25) is 0 Å². The largest absolute Gasteiger partial charge is 0.385 e. The molecule has 132 valence electrons. The molecule has 0 aliphatic carbocycles. The van der Waals surface area contributed by atoms with E-state index in [9.17, 15) is 10.0 Å². The predicted molar refractivity (Wildman–Crippen MR) is 105 cm³/mol. The lowest BCUT2D eigenvalue weighted by Crippen LogP contribution is -2.27. The zero-order valence-electron chi connectivity index (χ0n) is 14.9. The van der Waals surface area contributed by atoms with Crippen molar-refractivity contribution >= 4 is 28.4 Å². The minimum absolute atomic E-state index is 0.471. The molecular formula is C19H27NO2S2. The first-order valence-corrected chi connectivity index (χ1v) is 10.3. The highest BCUT2D eigenvalue weighted by atomic mass is 32.1. The molecule has 2 rings (SSSR count). The topological polar surface area (TPSA) is 49.7 Å². The second-order valence-corrected chi connectivity index (χ2v) is 9.12. The van der Waals surface area contributed by atoms with Gasteiger partial charge in [0, 0.05) is 5.56 Å². The van der Waals surface area contributed by atoms with Gasteiger partial charge in [0.05, 0.1) is 15.4 Å². The maximum atomic E-state index is 11.5. The average molecular weight is 366 g/mol. The van der Waals surface area contributed by atoms with Gasteiger partial charge in [-0.2, -0.15) is 0 Å². The lowest BCUT2D eigenvalue weighted by Gasteiger charge is -2.30. The molecule has 3 nitrogen and oxygen atoms in total. The van der Waals surface area contributed by atoms with Crippen LogP contribution in [0.5, 0.6) is 0 Å². The molecule has 2 aromatic rings. The van der Waals surface area contributed by atoms with Gasteiger partial charge in [-0.05, 0) is 65.6 Å². The van der Waals surface area contributed by atoms with Crippen molar-refractivity contribution in [1.82, 2.24) is 0 Å². The van der Waals surface area contributed by atoms with E-state index in [1.807, 2.05) is 16.8 Å². The minimum atomic E-state index is -0.839. The van der Waals surface area contributed by atoms with E-state index in [0.717, 1.165) is 41.0 Å². The summed E-state index contributed by atoms with van der Waals surface area (Å²) in [6.07, 6.45) is 3.45. The molecule has 0 saturated heterocycles. The van der Waals surface area contributed by atoms with Gasteiger partial charge in [-0.25, -0.2) is 0 Å². The van der Waals surface area contributed by atoms with Crippen LogP contribution in [0.25, 0.3) is 9.75 Å². The fraction of sp³-hybridized carbons (Fsp3) is 0.579. The van der Waals surface area contributed by atoms with Crippen molar-refractivity contribution < 1.29 is 5.11 Å². The average Bonchev–Trinajstić information content (AvgIpc) is 3.18. The van der Waals surface area contributed by atoms with E-state index >= 15 is 0 Å². The van der Waals surface area contributed by atoms with Crippen molar-refractivity contribution in [2.45, 2.75) is 59.0 Å². The summed E-state index contributed by atoms with van der Waals surface area (Å²) in [5, 5.41) is 18.6. The Hall–Kier alpha value is -1.04. The molecule has 0 unspecified atom stereocenters. The third kappa shape index (κ3) is 4.52. The summed E-state index contributed by atoms with van der Waals surface area (Å²) in [5.74, 6) is 1.10. The Kier molecular flexibility index (Phi) is 6.72. The van der Waals surface area contributed by atoms with Gasteiger partial charge in [-0.15, -0.1) is 27.6 Å². The first kappa shape index (κ1) is 19.3. The molecular weight excluding hydrogens is 338 g/mol. The van der Waals surface area contributed by atoms with Gasteiger partial charge < -0.3 is 5.11 Å². The van der Waals surface area contributed by atoms with Crippen LogP contribution in [0.3, 0.4) is 0 Å². The summed E-state index contributed by atoms with van der Waals surface area (Å²) in [6.45, 7) is 8.74. The monoisotopic (exact) mass is 365 g/mol. The zero-order chi connectivity index (χ0) is 17.7. The lowest BCUT2D eigenvalue weighted by molar-refractivity contribution is 0.00935. The summed E-state index contributed by atoms with van der Waals surface area (Å²) in [6, 6.07) is 3.77. The van der Waals surface area contributed by atoms with E-state index in [1.54, 1.807) is 17.4 Å². The molecule has 0 saturated carbocycles. The van der Waals surface area contributed by atoms with Crippen molar-refractivity contribution in [3.63, 3.8) is 0 Å². The van der Waals surface area contributed by atoms with Crippen LogP contribution in [0.4, 0.5) is 5.69 Å². The third-order valence-corrected chi connectivity index (χ3v) is 6.37. The molecule has 0 fully saturated rings. The second-order valence-electron chi connectivity index (χ2n) is 7.29. The van der Waals surface area contributed by atoms with E-state index in [1.165, 1.54) is 11.3 Å². The standard InChI is InChI=1S/C19H27NO2S2/c1-13(2)5-9-19(21,10-6-14(3)4)15-7-11-23-17(15)18-16(20-22)8-12-24-18/h7-8,11-14,21H,5-6,9-10H2,1-4H3. The number of nitroso groups, excluding NO2 is 1. The third-order valence-electron chi connectivity index (χ3n) is 4.39. The zero-order valence-corrected chi connectivity index (χ0v) is 16.5. The summed E-state index contributed by atoms with van der Waals surface area (Å²) >= 11 is 3.10. The van der Waals surface area contributed by atoms with Gasteiger partial charge in [-0.3, -0.25) is 0 Å². The quantitative estimate of drug-likeness (QED) is 0.489. The normalized spacial score (nSPS) is 12.3. The van der Waals surface area contributed by atoms with Crippen LogP contribution in [0, 0.1) is 16.7 Å². The Balaban J connectivity index is 2.39. The van der Waals surface area contributed by atoms with Crippen molar-refractivity contribution in [3.8, 4) is 9.75 Å². The summed E-state index contributed by atoms with van der Waals surface area (Å²) < 4.78 is 0. The molecule has 5 heteroatoms. The Morgan fingerprint density at radius 1 is 1.00 bits per heavy atom. The highest BCUT2D eigenvalue weighted by Gasteiger charge is 2.33. The van der Waals surface area contributed by atoms with Crippen LogP contribution in [-0.4, -0.2) is 5.11 Å². The smallest absolute Gasteiger partial charge is 0.127 e. The van der Waals surface area contributed by atoms with Crippen LogP contribution >= 0.6 is 22.7 Å². The Bertz CT molecular complexity index is 646. The Morgan fingerprint density at radius 3 is 2.08 bits per heavy atom. The van der Waals surface area contributed by atoms with Gasteiger partial charge in [-0.1, -0.05) is 27.7 Å². The molecule has 0 atom stereocenters. The molecule has 24 heavy (non-hydrogen) atoms. The Morgan fingerprint density at radius 2 is 1.54 bits per heavy atom. The fourth-order valence-electron chi connectivity index (χ4n) is 2.85. The SMILES string of the molecule is CC(C)CCC(O)(CCC(C)C)c1ccsc1-c1sccc1N=O. The fourth-order valence-corrected chi connectivity index (χ4v) is 4.85. The van der Waals surface area contributed by atoms with Crippen molar-refractivity contribution in [3.05, 3.63) is 33.4 Å². The number of rotatable bonds is 9. The highest BCUT2D eigenvalue weighted by Crippen LogP contribution is 2.46. The van der Waals surface area contributed by atoms with Gasteiger partial charge >= 0.3 is 0 Å². The number of aliphatic hydroxyl groups is 1. The van der Waals surface area contributed by atoms with E-state index < -0.39 is 5.60 Å². The molecule has 0 aliphatic heterocycles. The number of hydrogen-bond donors (Lipinski definition) is 1. The molecule has 1 N–H and O–H groups in total. The van der Waals surface area contributed by atoms with E-state index in [2.05, 4.69) is 32.9 Å². The minimum Gasteiger partial charge on any atom is -0.385 e. The number of hydrogen-bond acceptors (Lipinski definition) is 5. The summed E-state index contributed by atoms with van der Waals surface area (Å²) in [4.78, 5) is 12.9. The van der Waals surface area contributed by atoms with Gasteiger partial charge in [0.25, 0.3) is 0 Å². The van der Waals surface area contributed by atoms with Crippen molar-refractivity contribution in [1.29, 1.82) is 0 Å². The first-order valence-electron chi connectivity index (χ1n) is 8.59. The van der Waals surface area contributed by atoms with E-state index in [0.29, 0.717) is 17.5 Å². The molecule has 2 heterocycles. The molecule has 0 radical (unpaired) electrons. The second kappa shape index (κ2) is 8.37. The van der Waals surface area contributed by atoms with Crippen LogP contribution in [-0.2, 0) is 5.60 Å². The molecule has 2 aromatic heterocycles. The predicted octanol–water partition coefficient (Wildman–Crippen LogP) is 6.93. The molecule has 0 aliphatic rings. The molecule has 0 amide bonds. The van der Waals surface area contributed by atoms with Crippen molar-refractivity contribution in [2.24, 2.45) is 17.0 Å². The van der Waals surface area contributed by atoms with Crippen LogP contribution in [0.1, 0.15) is 58.9 Å². The van der Waals surface area contributed by atoms with Crippen LogP contribution < -0.4 is 0 Å². The first-order chi connectivity index (χ1) is 11.4. The van der Waals surface area contributed by atoms with Crippen molar-refractivity contribution in [2.75, 3.05) is 0 Å². The molecule has 0 bridgehead atoms. The van der Waals surface area contributed by atoms with Gasteiger partial charge in [0.15, 0.2) is 0 Å². The lowest BCUT2D eigenvalue weighted by atomic mass is 9.81. The maximum Gasteiger partial charge on any atom is 0.127 e. The molecule has 0 aromatic carbocycles. The van der Waals surface area contributed by atoms with E-state index in [4.69, 9.17) is 0 Å².